The van der Waals surface area contributed by atoms with E-state index in [1.807, 2.05) is 31.3 Å². The van der Waals surface area contributed by atoms with Crippen LogP contribution in [-0.2, 0) is 0 Å². The number of aliphatic hydroxyl groups is 1. The number of hydrogen-bond donors (Lipinski definition) is 2. The lowest BCUT2D eigenvalue weighted by Gasteiger charge is -2.27. The van der Waals surface area contributed by atoms with Crippen LogP contribution in [-0.4, -0.2) is 49.8 Å². The van der Waals surface area contributed by atoms with Crippen molar-refractivity contribution in [2.75, 3.05) is 33.8 Å². The first-order valence-electron chi connectivity index (χ1n) is 6.96. The molecule has 2 unspecified atom stereocenters. The SMILES string of the molecule is CNC(CN1CCCC1)C(O)c1ccc(OC)cc1. The molecule has 1 fully saturated rings. The van der Waals surface area contributed by atoms with Gasteiger partial charge in [-0.2, -0.15) is 0 Å². The maximum absolute atomic E-state index is 10.5. The lowest BCUT2D eigenvalue weighted by Crippen LogP contribution is -2.42. The van der Waals surface area contributed by atoms with Crippen LogP contribution in [0.4, 0.5) is 0 Å². The molecule has 4 heteroatoms. The number of methoxy groups -OCH3 is 1. The molecule has 2 N–H and O–H groups in total. The predicted octanol–water partition coefficient (Wildman–Crippen LogP) is 1.41. The smallest absolute Gasteiger partial charge is 0.118 e. The van der Waals surface area contributed by atoms with Crippen molar-refractivity contribution in [2.24, 2.45) is 0 Å². The summed E-state index contributed by atoms with van der Waals surface area (Å²) >= 11 is 0. The van der Waals surface area contributed by atoms with Gasteiger partial charge in [-0.3, -0.25) is 0 Å². The Morgan fingerprint density at radius 1 is 1.26 bits per heavy atom. The lowest BCUT2D eigenvalue weighted by atomic mass is 10.0. The van der Waals surface area contributed by atoms with Gasteiger partial charge in [0.2, 0.25) is 0 Å². The average Bonchev–Trinajstić information content (AvgIpc) is 2.97. The van der Waals surface area contributed by atoms with Gasteiger partial charge >= 0.3 is 0 Å². The standard InChI is InChI=1S/C15H24N2O2/c1-16-14(11-17-9-3-4-10-17)15(18)12-5-7-13(19-2)8-6-12/h5-8,14-16,18H,3-4,9-11H2,1-2H3. The molecular weight excluding hydrogens is 240 g/mol. The van der Waals surface area contributed by atoms with E-state index < -0.39 is 6.10 Å². The Labute approximate surface area is 115 Å². The second-order valence-corrected chi connectivity index (χ2v) is 5.12. The van der Waals surface area contributed by atoms with Gasteiger partial charge in [0, 0.05) is 12.6 Å². The Balaban J connectivity index is 1.99. The van der Waals surface area contributed by atoms with Crippen molar-refractivity contribution in [2.45, 2.75) is 25.0 Å². The van der Waals surface area contributed by atoms with Crippen LogP contribution in [0, 0.1) is 0 Å². The van der Waals surface area contributed by atoms with Gasteiger partial charge in [-0.15, -0.1) is 0 Å². The maximum atomic E-state index is 10.5. The van der Waals surface area contributed by atoms with Crippen LogP contribution in [0.15, 0.2) is 24.3 Å². The molecule has 19 heavy (non-hydrogen) atoms. The lowest BCUT2D eigenvalue weighted by molar-refractivity contribution is 0.110. The summed E-state index contributed by atoms with van der Waals surface area (Å²) in [6.45, 7) is 3.19. The third-order valence-electron chi connectivity index (χ3n) is 3.86. The number of rotatable bonds is 6. The second kappa shape index (κ2) is 6.89. The highest BCUT2D eigenvalue weighted by Crippen LogP contribution is 2.21. The molecule has 1 aliphatic rings. The number of likely N-dealkylation sites (N-methyl/N-ethyl adjacent to an activating group) is 1. The molecule has 0 amide bonds. The van der Waals surface area contributed by atoms with Crippen molar-refractivity contribution in [3.8, 4) is 5.75 Å². The van der Waals surface area contributed by atoms with E-state index in [0.717, 1.165) is 30.9 Å². The molecule has 0 aliphatic carbocycles. The highest BCUT2D eigenvalue weighted by molar-refractivity contribution is 5.29. The third-order valence-corrected chi connectivity index (χ3v) is 3.86. The molecule has 0 saturated carbocycles. The zero-order valence-corrected chi connectivity index (χ0v) is 11.8. The van der Waals surface area contributed by atoms with Gasteiger partial charge < -0.3 is 20.1 Å². The molecule has 1 heterocycles. The summed E-state index contributed by atoms with van der Waals surface area (Å²) in [6, 6.07) is 7.70. The number of hydrogen-bond acceptors (Lipinski definition) is 4. The van der Waals surface area contributed by atoms with Crippen LogP contribution >= 0.6 is 0 Å². The van der Waals surface area contributed by atoms with Crippen LogP contribution in [0.25, 0.3) is 0 Å². The molecule has 1 aliphatic heterocycles. The molecule has 0 bridgehead atoms. The number of benzene rings is 1. The normalized spacial score (nSPS) is 19.3. The third kappa shape index (κ3) is 3.69. The fraction of sp³-hybridized carbons (Fsp3) is 0.600. The van der Waals surface area contributed by atoms with Gasteiger partial charge in [0.1, 0.15) is 5.75 Å². The van der Waals surface area contributed by atoms with E-state index in [0.29, 0.717) is 0 Å². The van der Waals surface area contributed by atoms with Crippen LogP contribution in [0.3, 0.4) is 0 Å². The first-order chi connectivity index (χ1) is 9.24. The Hall–Kier alpha value is -1.10. The summed E-state index contributed by atoms with van der Waals surface area (Å²) in [7, 11) is 3.56. The minimum absolute atomic E-state index is 0.0616. The quantitative estimate of drug-likeness (QED) is 0.815. The summed E-state index contributed by atoms with van der Waals surface area (Å²) in [5, 5.41) is 13.7. The first kappa shape index (κ1) is 14.3. The van der Waals surface area contributed by atoms with Gasteiger partial charge in [-0.25, -0.2) is 0 Å². The van der Waals surface area contributed by atoms with Crippen molar-refractivity contribution in [3.63, 3.8) is 0 Å². The van der Waals surface area contributed by atoms with Crippen molar-refractivity contribution in [1.29, 1.82) is 0 Å². The average molecular weight is 264 g/mol. The maximum Gasteiger partial charge on any atom is 0.118 e. The van der Waals surface area contributed by atoms with Gasteiger partial charge in [0.05, 0.1) is 13.2 Å². The summed E-state index contributed by atoms with van der Waals surface area (Å²) in [6.07, 6.45) is 2.06. The van der Waals surface area contributed by atoms with E-state index in [2.05, 4.69) is 10.2 Å². The molecule has 106 valence electrons. The summed E-state index contributed by atoms with van der Waals surface area (Å²) in [5.74, 6) is 0.816. The molecule has 1 aromatic rings. The summed E-state index contributed by atoms with van der Waals surface area (Å²) in [4.78, 5) is 2.41. The Morgan fingerprint density at radius 2 is 1.89 bits per heavy atom. The summed E-state index contributed by atoms with van der Waals surface area (Å²) in [5.41, 5.74) is 0.930. The molecule has 2 rings (SSSR count). The monoisotopic (exact) mass is 264 g/mol. The Bertz CT molecular complexity index is 374. The van der Waals surface area contributed by atoms with Crippen LogP contribution in [0.5, 0.6) is 5.75 Å². The number of nitrogens with one attached hydrogen (secondary N) is 1. The van der Waals surface area contributed by atoms with Crippen molar-refractivity contribution >= 4 is 0 Å². The molecule has 1 saturated heterocycles. The number of aliphatic hydroxyl groups excluding tert-OH is 1. The van der Waals surface area contributed by atoms with E-state index >= 15 is 0 Å². The number of ether oxygens (including phenoxy) is 1. The molecule has 1 aromatic carbocycles. The van der Waals surface area contributed by atoms with E-state index in [9.17, 15) is 5.11 Å². The molecule has 0 spiro atoms. The largest absolute Gasteiger partial charge is 0.497 e. The molecular formula is C15H24N2O2. The molecule has 4 nitrogen and oxygen atoms in total. The highest BCUT2D eigenvalue weighted by atomic mass is 16.5. The first-order valence-corrected chi connectivity index (χ1v) is 6.96. The van der Waals surface area contributed by atoms with Crippen LogP contribution in [0.2, 0.25) is 0 Å². The number of nitrogens with zero attached hydrogens (tertiary/aromatic N) is 1. The Morgan fingerprint density at radius 3 is 2.42 bits per heavy atom. The minimum Gasteiger partial charge on any atom is -0.497 e. The van der Waals surface area contributed by atoms with Gasteiger partial charge in [0.15, 0.2) is 0 Å². The fourth-order valence-corrected chi connectivity index (χ4v) is 2.63. The zero-order chi connectivity index (χ0) is 13.7. The zero-order valence-electron chi connectivity index (χ0n) is 11.8. The van der Waals surface area contributed by atoms with Crippen LogP contribution in [0.1, 0.15) is 24.5 Å². The summed E-state index contributed by atoms with van der Waals surface area (Å²) < 4.78 is 5.14. The van der Waals surface area contributed by atoms with E-state index in [1.54, 1.807) is 7.11 Å². The minimum atomic E-state index is -0.489. The topological polar surface area (TPSA) is 44.7 Å². The van der Waals surface area contributed by atoms with Gasteiger partial charge in [-0.1, -0.05) is 12.1 Å². The Kier molecular flexibility index (Phi) is 5.19. The molecule has 2 atom stereocenters. The molecule has 0 radical (unpaired) electrons. The van der Waals surface area contributed by atoms with Gasteiger partial charge in [-0.05, 0) is 50.7 Å². The fourth-order valence-electron chi connectivity index (χ4n) is 2.63. The van der Waals surface area contributed by atoms with E-state index in [1.165, 1.54) is 12.8 Å². The second-order valence-electron chi connectivity index (χ2n) is 5.12. The molecule has 0 aromatic heterocycles. The van der Waals surface area contributed by atoms with E-state index in [4.69, 9.17) is 4.74 Å². The van der Waals surface area contributed by atoms with Crippen molar-refractivity contribution < 1.29 is 9.84 Å². The highest BCUT2D eigenvalue weighted by Gasteiger charge is 2.23. The van der Waals surface area contributed by atoms with Crippen molar-refractivity contribution in [1.82, 2.24) is 10.2 Å². The van der Waals surface area contributed by atoms with Gasteiger partial charge in [0.25, 0.3) is 0 Å². The van der Waals surface area contributed by atoms with Crippen molar-refractivity contribution in [3.05, 3.63) is 29.8 Å². The number of likely N-dealkylation sites (tertiary alicyclic amines) is 1. The van der Waals surface area contributed by atoms with E-state index in [-0.39, 0.29) is 6.04 Å². The van der Waals surface area contributed by atoms with Crippen LogP contribution < -0.4 is 10.1 Å². The predicted molar refractivity (Wildman–Crippen MR) is 76.5 cm³/mol.